The van der Waals surface area contributed by atoms with Crippen molar-refractivity contribution in [2.24, 2.45) is 0 Å². The van der Waals surface area contributed by atoms with Gasteiger partial charge in [-0.25, -0.2) is 0 Å². The summed E-state index contributed by atoms with van der Waals surface area (Å²) in [5, 5.41) is 0. The van der Waals surface area contributed by atoms with Crippen LogP contribution in [0.5, 0.6) is 0 Å². The number of hydrogen-bond donors (Lipinski definition) is 0. The van der Waals surface area contributed by atoms with Gasteiger partial charge in [0.05, 0.1) is 0 Å². The fourth-order valence-corrected chi connectivity index (χ4v) is 2.42. The van der Waals surface area contributed by atoms with Crippen molar-refractivity contribution in [3.8, 4) is 0 Å². The van der Waals surface area contributed by atoms with Crippen molar-refractivity contribution >= 4 is 0 Å². The number of unbranched alkanes of at least 4 members (excludes halogenated alkanes) is 7. The highest BCUT2D eigenvalue weighted by molar-refractivity contribution is 5.34. The third-order valence-corrected chi connectivity index (χ3v) is 3.59. The lowest BCUT2D eigenvalue weighted by Crippen LogP contribution is -1.84. The summed E-state index contributed by atoms with van der Waals surface area (Å²) in [5.74, 6) is 0. The van der Waals surface area contributed by atoms with Crippen LogP contribution in [0.2, 0.25) is 0 Å². The molecule has 0 fully saturated rings. The molecule has 0 aliphatic heterocycles. The van der Waals surface area contributed by atoms with E-state index in [2.05, 4.69) is 26.0 Å². The maximum absolute atomic E-state index is 2.40. The third-order valence-electron chi connectivity index (χ3n) is 3.59. The molecular formula is C16H28. The van der Waals surface area contributed by atoms with Gasteiger partial charge in [0.1, 0.15) is 0 Å². The van der Waals surface area contributed by atoms with Crippen molar-refractivity contribution in [2.75, 3.05) is 0 Å². The quantitative estimate of drug-likeness (QED) is 0.431. The molecule has 0 heterocycles. The van der Waals surface area contributed by atoms with Gasteiger partial charge in [-0.15, -0.1) is 0 Å². The van der Waals surface area contributed by atoms with Crippen LogP contribution in [0.3, 0.4) is 0 Å². The smallest absolute Gasteiger partial charge is 0.0157 e. The maximum Gasteiger partial charge on any atom is -0.0157 e. The second-order valence-corrected chi connectivity index (χ2v) is 5.08. The van der Waals surface area contributed by atoms with Crippen molar-refractivity contribution in [1.82, 2.24) is 0 Å². The Kier molecular flexibility index (Phi) is 7.29. The van der Waals surface area contributed by atoms with Crippen LogP contribution in [0.25, 0.3) is 0 Å². The molecule has 0 aromatic rings. The third kappa shape index (κ3) is 5.53. The molecule has 0 radical (unpaired) electrons. The monoisotopic (exact) mass is 220 g/mol. The first-order chi connectivity index (χ1) is 7.84. The van der Waals surface area contributed by atoms with Crippen LogP contribution < -0.4 is 0 Å². The van der Waals surface area contributed by atoms with Crippen molar-refractivity contribution in [2.45, 2.75) is 78.1 Å². The Morgan fingerprint density at radius 3 is 2.06 bits per heavy atom. The van der Waals surface area contributed by atoms with Crippen LogP contribution >= 0.6 is 0 Å². The molecule has 0 N–H and O–H groups in total. The van der Waals surface area contributed by atoms with Crippen molar-refractivity contribution < 1.29 is 0 Å². The molecule has 0 aromatic heterocycles. The van der Waals surface area contributed by atoms with E-state index in [-0.39, 0.29) is 0 Å². The van der Waals surface area contributed by atoms with E-state index in [9.17, 15) is 0 Å². The van der Waals surface area contributed by atoms with Gasteiger partial charge in [-0.1, -0.05) is 69.6 Å². The lowest BCUT2D eigenvalue weighted by atomic mass is 10.0. The van der Waals surface area contributed by atoms with Crippen LogP contribution in [-0.4, -0.2) is 0 Å². The molecule has 0 nitrogen and oxygen atoms in total. The first-order valence-corrected chi connectivity index (χ1v) is 7.20. The van der Waals surface area contributed by atoms with E-state index in [0.717, 1.165) is 0 Å². The van der Waals surface area contributed by atoms with Crippen molar-refractivity contribution in [3.63, 3.8) is 0 Å². The van der Waals surface area contributed by atoms with Gasteiger partial charge in [-0.05, 0) is 31.8 Å². The van der Waals surface area contributed by atoms with Crippen LogP contribution in [0.1, 0.15) is 78.1 Å². The van der Waals surface area contributed by atoms with Gasteiger partial charge in [-0.3, -0.25) is 0 Å². The molecule has 0 saturated carbocycles. The predicted octanol–water partition coefficient (Wildman–Crippen LogP) is 5.79. The van der Waals surface area contributed by atoms with Gasteiger partial charge < -0.3 is 0 Å². The Balaban J connectivity index is 1.87. The average Bonchev–Trinajstić information content (AvgIpc) is 2.68. The SMILES string of the molecule is CCCCCCCCCCC1=CCC=C1C. The summed E-state index contributed by atoms with van der Waals surface area (Å²) < 4.78 is 0. The van der Waals surface area contributed by atoms with Crippen molar-refractivity contribution in [1.29, 1.82) is 0 Å². The van der Waals surface area contributed by atoms with Gasteiger partial charge in [-0.2, -0.15) is 0 Å². The first-order valence-electron chi connectivity index (χ1n) is 7.20. The fourth-order valence-electron chi connectivity index (χ4n) is 2.42. The van der Waals surface area contributed by atoms with Crippen LogP contribution in [-0.2, 0) is 0 Å². The Morgan fingerprint density at radius 2 is 1.50 bits per heavy atom. The summed E-state index contributed by atoms with van der Waals surface area (Å²) in [4.78, 5) is 0. The lowest BCUT2D eigenvalue weighted by molar-refractivity contribution is 0.575. The fraction of sp³-hybridized carbons (Fsp3) is 0.750. The molecule has 0 bridgehead atoms. The van der Waals surface area contributed by atoms with E-state index in [1.54, 1.807) is 5.57 Å². The minimum Gasteiger partial charge on any atom is -0.0775 e. The van der Waals surface area contributed by atoms with Crippen LogP contribution in [0.15, 0.2) is 23.3 Å². The topological polar surface area (TPSA) is 0 Å². The molecule has 0 amide bonds. The minimum absolute atomic E-state index is 1.18. The van der Waals surface area contributed by atoms with E-state index < -0.39 is 0 Å². The summed E-state index contributed by atoms with van der Waals surface area (Å²) >= 11 is 0. The molecule has 92 valence electrons. The number of rotatable bonds is 9. The van der Waals surface area contributed by atoms with Gasteiger partial charge >= 0.3 is 0 Å². The largest absolute Gasteiger partial charge is 0.0775 e. The highest BCUT2D eigenvalue weighted by Crippen LogP contribution is 2.24. The second-order valence-electron chi connectivity index (χ2n) is 5.08. The second kappa shape index (κ2) is 8.61. The molecule has 0 aromatic carbocycles. The number of hydrogen-bond acceptors (Lipinski definition) is 0. The van der Waals surface area contributed by atoms with E-state index in [1.807, 2.05) is 0 Å². The van der Waals surface area contributed by atoms with E-state index in [4.69, 9.17) is 0 Å². The Bertz CT molecular complexity index is 232. The minimum atomic E-state index is 1.18. The van der Waals surface area contributed by atoms with Gasteiger partial charge in [0.2, 0.25) is 0 Å². The molecule has 0 spiro atoms. The highest BCUT2D eigenvalue weighted by Gasteiger charge is 2.04. The standard InChI is InChI=1S/C16H28/c1-3-4-5-6-7-8-9-10-13-16-14-11-12-15(16)2/h12,14H,3-11,13H2,1-2H3. The Morgan fingerprint density at radius 1 is 0.875 bits per heavy atom. The van der Waals surface area contributed by atoms with E-state index in [1.165, 1.54) is 69.8 Å². The summed E-state index contributed by atoms with van der Waals surface area (Å²) in [6.07, 6.45) is 18.6. The van der Waals surface area contributed by atoms with Crippen LogP contribution in [0.4, 0.5) is 0 Å². The van der Waals surface area contributed by atoms with Crippen LogP contribution in [0, 0.1) is 0 Å². The maximum atomic E-state index is 2.40. The molecule has 0 saturated heterocycles. The molecule has 16 heavy (non-hydrogen) atoms. The van der Waals surface area contributed by atoms with Gasteiger partial charge in [0.25, 0.3) is 0 Å². The highest BCUT2D eigenvalue weighted by atomic mass is 14.1. The molecule has 1 rings (SSSR count). The Labute approximate surface area is 102 Å². The lowest BCUT2D eigenvalue weighted by Gasteiger charge is -2.04. The zero-order chi connectivity index (χ0) is 11.6. The molecule has 1 aliphatic rings. The normalized spacial score (nSPS) is 15.1. The molecule has 1 aliphatic carbocycles. The molecule has 0 unspecified atom stereocenters. The Hall–Kier alpha value is -0.520. The predicted molar refractivity (Wildman–Crippen MR) is 73.7 cm³/mol. The van der Waals surface area contributed by atoms with Crippen molar-refractivity contribution in [3.05, 3.63) is 23.3 Å². The molecule has 0 atom stereocenters. The zero-order valence-corrected chi connectivity index (χ0v) is 11.2. The first kappa shape index (κ1) is 13.5. The number of allylic oxidation sites excluding steroid dienone is 4. The molecule has 0 heteroatoms. The summed E-state index contributed by atoms with van der Waals surface area (Å²) in [5.41, 5.74) is 3.15. The summed E-state index contributed by atoms with van der Waals surface area (Å²) in [7, 11) is 0. The molecular weight excluding hydrogens is 192 g/mol. The van der Waals surface area contributed by atoms with Gasteiger partial charge in [0.15, 0.2) is 0 Å². The zero-order valence-electron chi connectivity index (χ0n) is 11.2. The van der Waals surface area contributed by atoms with E-state index >= 15 is 0 Å². The summed E-state index contributed by atoms with van der Waals surface area (Å²) in [6, 6.07) is 0. The van der Waals surface area contributed by atoms with E-state index in [0.29, 0.717) is 0 Å². The summed E-state index contributed by atoms with van der Waals surface area (Å²) in [6.45, 7) is 4.54. The van der Waals surface area contributed by atoms with Gasteiger partial charge in [0, 0.05) is 0 Å². The average molecular weight is 220 g/mol.